The molecule has 0 aromatic heterocycles. The summed E-state index contributed by atoms with van der Waals surface area (Å²) in [4.78, 5) is 25.2. The van der Waals surface area contributed by atoms with Crippen molar-refractivity contribution in [1.82, 2.24) is 5.32 Å². The van der Waals surface area contributed by atoms with E-state index in [9.17, 15) is 9.59 Å². The molecule has 2 aromatic rings. The summed E-state index contributed by atoms with van der Waals surface area (Å²) in [6.45, 7) is 6.74. The maximum atomic E-state index is 12.8. The zero-order valence-corrected chi connectivity index (χ0v) is 27.5. The van der Waals surface area contributed by atoms with Gasteiger partial charge < -0.3 is 33.7 Å². The van der Waals surface area contributed by atoms with Gasteiger partial charge in [-0.05, 0) is 124 Å². The fourth-order valence-electron chi connectivity index (χ4n) is 3.35. The number of alkyl carbamates (subject to hydrolysis) is 1. The highest BCUT2D eigenvalue weighted by atomic mass is 127. The van der Waals surface area contributed by atoms with Gasteiger partial charge in [0.2, 0.25) is 6.29 Å². The lowest BCUT2D eigenvalue weighted by atomic mass is 10.1. The minimum Gasteiger partial charge on any atom is -0.464 e. The van der Waals surface area contributed by atoms with Crippen LogP contribution in [0.2, 0.25) is 0 Å². The molecule has 2 saturated heterocycles. The van der Waals surface area contributed by atoms with Crippen LogP contribution in [0.5, 0.6) is 17.2 Å². The van der Waals surface area contributed by atoms with Crippen molar-refractivity contribution in [3.05, 3.63) is 46.6 Å². The minimum atomic E-state index is -0.921. The van der Waals surface area contributed by atoms with Gasteiger partial charge in [0.05, 0.1) is 23.9 Å². The first-order valence-electron chi connectivity index (χ1n) is 12.0. The molecule has 3 atom stereocenters. The van der Waals surface area contributed by atoms with Crippen molar-refractivity contribution < 1.29 is 38.0 Å². The van der Waals surface area contributed by atoms with Gasteiger partial charge in [-0.2, -0.15) is 0 Å². The number of hydrogen-bond donors (Lipinski definition) is 1. The Balaban J connectivity index is 1.45. The van der Waals surface area contributed by atoms with Gasteiger partial charge >= 0.3 is 12.1 Å². The van der Waals surface area contributed by atoms with Crippen LogP contribution < -0.4 is 14.8 Å². The topological polar surface area (TPSA) is 105 Å². The largest absolute Gasteiger partial charge is 0.464 e. The molecule has 2 heterocycles. The molecule has 2 aliphatic heterocycles. The van der Waals surface area contributed by atoms with Gasteiger partial charge in [-0.1, -0.05) is 0 Å². The van der Waals surface area contributed by atoms with Crippen molar-refractivity contribution in [3.63, 3.8) is 0 Å². The maximum absolute atomic E-state index is 12.8. The van der Waals surface area contributed by atoms with Gasteiger partial charge in [-0.25, -0.2) is 9.59 Å². The van der Waals surface area contributed by atoms with Gasteiger partial charge in [0.1, 0.15) is 35.9 Å². The van der Waals surface area contributed by atoms with Crippen molar-refractivity contribution in [2.24, 2.45) is 0 Å². The average Bonchev–Trinajstić information content (AvgIpc) is 3.61. The summed E-state index contributed by atoms with van der Waals surface area (Å²) in [6, 6.07) is 8.57. The number of epoxide rings is 1. The molecule has 1 N–H and O–H groups in total. The third-order valence-corrected chi connectivity index (χ3v) is 7.77. The Bertz CT molecular complexity index is 1150. The highest BCUT2D eigenvalue weighted by molar-refractivity contribution is 14.1. The van der Waals surface area contributed by atoms with E-state index in [1.807, 2.05) is 30.3 Å². The van der Waals surface area contributed by atoms with Crippen molar-refractivity contribution in [3.8, 4) is 17.2 Å². The second-order valence-corrected chi connectivity index (χ2v) is 13.3. The fraction of sp³-hybridized carbons (Fsp3) is 0.462. The zero-order chi connectivity index (χ0) is 27.4. The van der Waals surface area contributed by atoms with E-state index in [2.05, 4.69) is 73.1 Å². The van der Waals surface area contributed by atoms with Crippen molar-refractivity contribution in [2.45, 2.75) is 57.6 Å². The SMILES string of the molecule is CC(C)(C)OC(=O)N[C@@H](Cc1cc(I)c(Oc2ccc(OC3CCO3)c(I)c2)c(I)c1)C(=O)OCC1CO1. The monoisotopic (exact) mass is 863 g/mol. The van der Waals surface area contributed by atoms with Gasteiger partial charge in [0, 0.05) is 12.8 Å². The number of ether oxygens (including phenoxy) is 6. The molecule has 4 rings (SSSR count). The number of rotatable bonds is 10. The Morgan fingerprint density at radius 2 is 1.76 bits per heavy atom. The van der Waals surface area contributed by atoms with Crippen LogP contribution in [0.25, 0.3) is 0 Å². The number of nitrogens with one attached hydrogen (secondary N) is 1. The van der Waals surface area contributed by atoms with Gasteiger partial charge in [-0.3, -0.25) is 0 Å². The molecule has 0 aliphatic carbocycles. The summed E-state index contributed by atoms with van der Waals surface area (Å²) in [5.74, 6) is 1.59. The Labute approximate surface area is 262 Å². The summed E-state index contributed by atoms with van der Waals surface area (Å²) in [6.07, 6.45) is 0.172. The maximum Gasteiger partial charge on any atom is 0.408 e. The van der Waals surface area contributed by atoms with E-state index < -0.39 is 23.7 Å². The summed E-state index contributed by atoms with van der Waals surface area (Å²) in [5, 5.41) is 2.66. The molecule has 0 saturated carbocycles. The van der Waals surface area contributed by atoms with Crippen molar-refractivity contribution >= 4 is 79.8 Å². The number of benzene rings is 2. The van der Waals surface area contributed by atoms with E-state index in [0.29, 0.717) is 18.1 Å². The third kappa shape index (κ3) is 8.96. The highest BCUT2D eigenvalue weighted by Gasteiger charge is 2.30. The molecule has 0 bridgehead atoms. The number of carbonyl (C=O) groups excluding carboxylic acids is 2. The highest BCUT2D eigenvalue weighted by Crippen LogP contribution is 2.36. The molecule has 38 heavy (non-hydrogen) atoms. The molecule has 0 spiro atoms. The molecular weight excluding hydrogens is 835 g/mol. The van der Waals surface area contributed by atoms with E-state index in [1.165, 1.54) is 0 Å². The molecule has 1 amide bonds. The Morgan fingerprint density at radius 3 is 2.32 bits per heavy atom. The normalized spacial score (nSPS) is 19.1. The molecule has 2 aromatic carbocycles. The second-order valence-electron chi connectivity index (χ2n) is 9.78. The molecular formula is C26H28I3NO8. The molecule has 206 valence electrons. The van der Waals surface area contributed by atoms with Crippen LogP contribution in [0.4, 0.5) is 4.79 Å². The van der Waals surface area contributed by atoms with E-state index in [-0.39, 0.29) is 25.4 Å². The first-order valence-corrected chi connectivity index (χ1v) is 15.2. The molecule has 2 aliphatic rings. The predicted molar refractivity (Wildman–Crippen MR) is 164 cm³/mol. The van der Waals surface area contributed by atoms with Crippen LogP contribution >= 0.6 is 67.8 Å². The Kier molecular flexibility index (Phi) is 10.2. The summed E-state index contributed by atoms with van der Waals surface area (Å²) < 4.78 is 35.9. The van der Waals surface area contributed by atoms with Crippen molar-refractivity contribution in [2.75, 3.05) is 19.8 Å². The third-order valence-electron chi connectivity index (χ3n) is 5.33. The van der Waals surface area contributed by atoms with Crippen LogP contribution in [0, 0.1) is 10.7 Å². The summed E-state index contributed by atoms with van der Waals surface area (Å²) >= 11 is 6.63. The summed E-state index contributed by atoms with van der Waals surface area (Å²) in [5.41, 5.74) is 0.141. The zero-order valence-electron chi connectivity index (χ0n) is 21.1. The van der Waals surface area contributed by atoms with Crippen LogP contribution in [-0.2, 0) is 30.2 Å². The van der Waals surface area contributed by atoms with E-state index >= 15 is 0 Å². The Hall–Kier alpha value is -1.11. The number of esters is 1. The minimum absolute atomic E-state index is 0.0744. The lowest BCUT2D eigenvalue weighted by Crippen LogP contribution is -2.45. The molecule has 2 unspecified atom stereocenters. The van der Waals surface area contributed by atoms with Gasteiger partial charge in [0.25, 0.3) is 0 Å². The average molecular weight is 863 g/mol. The van der Waals surface area contributed by atoms with Crippen LogP contribution in [0.3, 0.4) is 0 Å². The molecule has 0 radical (unpaired) electrons. The smallest absolute Gasteiger partial charge is 0.408 e. The fourth-order valence-corrected chi connectivity index (χ4v) is 6.08. The lowest BCUT2D eigenvalue weighted by molar-refractivity contribution is -0.165. The quantitative estimate of drug-likeness (QED) is 0.182. The summed E-state index contributed by atoms with van der Waals surface area (Å²) in [7, 11) is 0. The molecule has 9 nitrogen and oxygen atoms in total. The standard InChI is InChI=1S/C26H28I3NO8/c1-26(2,3)38-25(32)30-20(24(31)35-13-16-12-34-16)10-14-8-18(28)23(19(29)9-14)36-15-4-5-21(17(27)11-15)37-22-6-7-33-22/h4-5,8-9,11,16,20,22H,6-7,10,12-13H2,1-3H3,(H,30,32)/t16?,20-,22?/m0/s1. The first-order chi connectivity index (χ1) is 18.0. The molecule has 2 fully saturated rings. The predicted octanol–water partition coefficient (Wildman–Crippen LogP) is 5.80. The Morgan fingerprint density at radius 1 is 1.08 bits per heavy atom. The first kappa shape index (κ1) is 29.9. The number of hydrogen-bond acceptors (Lipinski definition) is 8. The van der Waals surface area contributed by atoms with E-state index in [0.717, 1.165) is 35.1 Å². The van der Waals surface area contributed by atoms with Crippen LogP contribution in [0.15, 0.2) is 30.3 Å². The second kappa shape index (κ2) is 13.0. The van der Waals surface area contributed by atoms with Gasteiger partial charge in [0.15, 0.2) is 5.75 Å². The number of amides is 1. The van der Waals surface area contributed by atoms with E-state index in [4.69, 9.17) is 28.4 Å². The van der Waals surface area contributed by atoms with Crippen LogP contribution in [-0.4, -0.2) is 55.9 Å². The van der Waals surface area contributed by atoms with E-state index in [1.54, 1.807) is 20.8 Å². The lowest BCUT2D eigenvalue weighted by Gasteiger charge is -2.27. The number of halogens is 3. The van der Waals surface area contributed by atoms with Gasteiger partial charge in [-0.15, -0.1) is 0 Å². The number of carbonyl (C=O) groups is 2. The molecule has 12 heteroatoms. The van der Waals surface area contributed by atoms with Crippen molar-refractivity contribution in [1.29, 1.82) is 0 Å². The van der Waals surface area contributed by atoms with Crippen LogP contribution in [0.1, 0.15) is 32.8 Å².